The van der Waals surface area contributed by atoms with E-state index in [1.165, 1.54) is 36.7 Å². The van der Waals surface area contributed by atoms with E-state index in [4.69, 9.17) is 89.1 Å². The second-order valence-electron chi connectivity index (χ2n) is 26.6. The molecule has 0 atom stereocenters. The number of nitrogens with zero attached hydrogens (tertiary/aromatic N) is 12. The molecule has 0 saturated carbocycles. The van der Waals surface area contributed by atoms with Crippen molar-refractivity contribution in [2.24, 2.45) is 0 Å². The van der Waals surface area contributed by atoms with Gasteiger partial charge in [0.25, 0.3) is 0 Å². The predicted octanol–water partition coefficient (Wildman–Crippen LogP) is -5.08. The molecular formula is C80H98BrCl3N12O17. The molecule has 4 aliphatic carbocycles. The van der Waals surface area contributed by atoms with Crippen LogP contribution in [0.1, 0.15) is 74.1 Å². The summed E-state index contributed by atoms with van der Waals surface area (Å²) in [6.07, 6.45) is 4.81. The lowest BCUT2D eigenvalue weighted by Gasteiger charge is -2.30. The van der Waals surface area contributed by atoms with Crippen LogP contribution in [0.3, 0.4) is 0 Å². The van der Waals surface area contributed by atoms with E-state index < -0.39 is 20.5 Å². The molecule has 0 bridgehead atoms. The smallest absolute Gasteiger partial charge is 0.203 e. The van der Waals surface area contributed by atoms with E-state index in [-0.39, 0.29) is 42.6 Å². The number of likely N-dealkylation sites (N-methyl/N-ethyl adjacent to an activating group) is 3. The van der Waals surface area contributed by atoms with Gasteiger partial charge in [-0.1, -0.05) is 26.7 Å². The number of rotatable bonds is 16. The zero-order chi connectivity index (χ0) is 79.7. The highest BCUT2D eigenvalue weighted by Gasteiger charge is 2.25. The van der Waals surface area contributed by atoms with Crippen LogP contribution in [-0.2, 0) is 0 Å². The fourth-order valence-electron chi connectivity index (χ4n) is 13.2. The van der Waals surface area contributed by atoms with Crippen molar-refractivity contribution in [2.75, 3.05) is 159 Å². The van der Waals surface area contributed by atoms with Crippen molar-refractivity contribution < 1.29 is 129 Å². The Balaban J connectivity index is 0.000000181. The monoisotopic (exact) mass is 1680 g/mol. The van der Waals surface area contributed by atoms with Gasteiger partial charge in [0.05, 0.1) is 61.0 Å². The minimum atomic E-state index is -4.94. The largest absolute Gasteiger partial charge is 1.00 e. The summed E-state index contributed by atoms with van der Waals surface area (Å²) in [7, 11) is -1.75. The van der Waals surface area contributed by atoms with Gasteiger partial charge in [0.2, 0.25) is 21.4 Å². The quantitative estimate of drug-likeness (QED) is 0.0675. The zero-order valence-corrected chi connectivity index (χ0v) is 69.2. The number of benzene rings is 8. The highest BCUT2D eigenvalue weighted by Crippen LogP contribution is 2.40. The van der Waals surface area contributed by atoms with Crippen molar-refractivity contribution in [3.05, 3.63) is 149 Å². The molecule has 0 aromatic heterocycles. The number of aromatic nitrogens is 4. The Hall–Kier alpha value is -9.09. The molecule has 0 saturated heterocycles. The summed E-state index contributed by atoms with van der Waals surface area (Å²) in [4.78, 5) is 27.9. The molecule has 33 heteroatoms. The Labute approximate surface area is 676 Å². The molecule has 29 nitrogen and oxygen atoms in total. The third-order valence-corrected chi connectivity index (χ3v) is 19.0. The van der Waals surface area contributed by atoms with Crippen molar-refractivity contribution in [3.8, 4) is 63.1 Å². The number of aliphatic hydroxyl groups excluding tert-OH is 2. The standard InChI is InChI=1S/C24H32N3O2.C19H22N3O4.C19H22N3O2.C18H22N3O.BrH.2ClHO4.ClH/c1-4-7-11-27(12-8-5-2)18-9-10-19-22(15-18)29-23-17-21-24(16-20(23)25-19)28-14-13-26(21)6-3;1-21-6-9-25-19-11-15-18(12-16(19)21)26-17-10-13(2-3-14(17)20-15)22(4-7-23)5-8-24;1-4-22(5-2)13-6-7-14-17(10-13)24-18-12-16-19(11-15(18)20-14)23-9-8-21(16)3;1-5-21(6-2)14-8-10-16-18(12-14)22-17-11-13(20(3)4)7-9-15(17)19-16;;2*2-1(3,4)5;/h9-10,15-17H,4-8,11-14H2,1-3H3;2-3,10-12,23-24H,4-9H2,1H3;6-7,10-12H,4-5,8-9H2,1-3H3;7-12H,5-6H2,1-4H3;1H;2*(H,2,3,4,5);1H/q4*+1;;;;/p-4. The topological polar surface area (TPSA) is 382 Å². The van der Waals surface area contributed by atoms with Crippen LogP contribution in [0.4, 0.5) is 22.7 Å². The van der Waals surface area contributed by atoms with Crippen molar-refractivity contribution >= 4 is 67.1 Å². The molecule has 608 valence electrons. The Kier molecular flexibility index (Phi) is 32.7. The minimum absolute atomic E-state index is 0. The van der Waals surface area contributed by atoms with Gasteiger partial charge in [-0.2, -0.15) is 0 Å². The first-order chi connectivity index (χ1) is 53.2. The SMILES string of the molecule is CCCC[N+](CCCC)=c1ccc2nc3cc4c(cc3oc-2c1)N(CC)CCO4.CCN(CC)c1ccc2nc3ccc(=[N+](C)C)cc-3oc2c1.CC[N+](CC)=c1ccc2nc3cc4c(cc3oc-2c1)N(C)CCO4.CN1CCOc2cc3nc4ccc(=[N+](CCO)CCO)cc-4oc3cc21.[Br-].[Cl-].[O-][Cl+3]([O-])([O-])[O-].[O-][Cl+3]([O-])([O-])[O-]. The maximum atomic E-state index is 9.24. The van der Waals surface area contributed by atoms with Crippen molar-refractivity contribution in [2.45, 2.75) is 74.1 Å². The lowest BCUT2D eigenvalue weighted by atomic mass is 10.1. The highest BCUT2D eigenvalue weighted by atomic mass is 79.9. The van der Waals surface area contributed by atoms with E-state index in [9.17, 15) is 10.2 Å². The second kappa shape index (κ2) is 41.3. The Morgan fingerprint density at radius 1 is 0.425 bits per heavy atom. The van der Waals surface area contributed by atoms with Crippen LogP contribution in [0.5, 0.6) is 17.2 Å². The summed E-state index contributed by atoms with van der Waals surface area (Å²) in [5.74, 6) is 5.72. The van der Waals surface area contributed by atoms with Gasteiger partial charge in [-0.05, 0) is 71.0 Å². The third-order valence-electron chi connectivity index (χ3n) is 19.0. The summed E-state index contributed by atoms with van der Waals surface area (Å²) < 4.78 is 119. The maximum absolute atomic E-state index is 9.24. The summed E-state index contributed by atoms with van der Waals surface area (Å²) >= 11 is 0. The Morgan fingerprint density at radius 3 is 1.14 bits per heavy atom. The van der Waals surface area contributed by atoms with Gasteiger partial charge in [0.1, 0.15) is 135 Å². The lowest BCUT2D eigenvalue weighted by molar-refractivity contribution is -2.00. The molecular weight excluding hydrogens is 1590 g/mol. The number of fused-ring (bicyclic) bond motifs is 11. The number of hydrogen-bond donors (Lipinski definition) is 2. The summed E-state index contributed by atoms with van der Waals surface area (Å²) in [6.45, 7) is 27.9. The van der Waals surface area contributed by atoms with Gasteiger partial charge < -0.3 is 91.1 Å². The number of halogens is 4. The summed E-state index contributed by atoms with van der Waals surface area (Å²) in [6, 6.07) is 42.6. The van der Waals surface area contributed by atoms with Crippen molar-refractivity contribution in [3.63, 3.8) is 0 Å². The van der Waals surface area contributed by atoms with Crippen LogP contribution in [0, 0.1) is 20.5 Å². The van der Waals surface area contributed by atoms with E-state index in [1.807, 2.05) is 98.5 Å². The second-order valence-corrected chi connectivity index (χ2v) is 28.1. The molecule has 7 aliphatic heterocycles. The molecule has 0 amide bonds. The first-order valence-corrected chi connectivity index (χ1v) is 39.7. The predicted molar refractivity (Wildman–Crippen MR) is 404 cm³/mol. The molecule has 0 unspecified atom stereocenters. The van der Waals surface area contributed by atoms with Crippen molar-refractivity contribution in [1.82, 2.24) is 38.2 Å². The molecule has 11 aliphatic rings. The van der Waals surface area contributed by atoms with E-state index in [1.54, 1.807) is 0 Å². The molecule has 7 heterocycles. The average Bonchev–Trinajstić information content (AvgIpc) is 0.784. The van der Waals surface area contributed by atoms with Crippen molar-refractivity contribution in [1.29, 1.82) is 0 Å². The third kappa shape index (κ3) is 23.8. The Morgan fingerprint density at radius 2 is 0.770 bits per heavy atom. The van der Waals surface area contributed by atoms with Crippen LogP contribution < -0.4 is 140 Å². The molecule has 113 heavy (non-hydrogen) atoms. The van der Waals surface area contributed by atoms with Gasteiger partial charge in [-0.15, -0.1) is 20.5 Å². The summed E-state index contributed by atoms with van der Waals surface area (Å²) in [5, 5.41) is 22.9. The fourth-order valence-corrected chi connectivity index (χ4v) is 13.2. The number of hydrogen-bond acceptors (Lipinski definition) is 25. The van der Waals surface area contributed by atoms with Crippen LogP contribution in [0.15, 0.2) is 145 Å². The van der Waals surface area contributed by atoms with Crippen LogP contribution in [0.25, 0.3) is 90.2 Å². The van der Waals surface area contributed by atoms with Gasteiger partial charge >= 0.3 is 0 Å². The number of anilines is 4. The van der Waals surface area contributed by atoms with Crippen LogP contribution in [-0.4, -0.2) is 170 Å². The Bertz CT molecular complexity index is 5270. The number of ether oxygens (including phenoxy) is 3. The molecule has 2 N–H and O–H groups in total. The average molecular weight is 1690 g/mol. The molecule has 0 fully saturated rings. The van der Waals surface area contributed by atoms with Gasteiger partial charge in [-0.3, -0.25) is 0 Å². The number of aliphatic hydroxyl groups is 2. The van der Waals surface area contributed by atoms with Gasteiger partial charge in [0, 0.05) is 119 Å². The zero-order valence-electron chi connectivity index (χ0n) is 65.4. The van der Waals surface area contributed by atoms with E-state index in [0.29, 0.717) is 44.3 Å². The first-order valence-electron chi connectivity index (χ1n) is 37.2. The van der Waals surface area contributed by atoms with Gasteiger partial charge in [0.15, 0.2) is 58.5 Å². The van der Waals surface area contributed by atoms with E-state index in [2.05, 4.69) is 143 Å². The lowest BCUT2D eigenvalue weighted by Crippen LogP contribution is -3.00. The van der Waals surface area contributed by atoms with Gasteiger partial charge in [-0.25, -0.2) is 75.5 Å². The highest BCUT2D eigenvalue weighted by molar-refractivity contribution is 5.87. The molecule has 4 aromatic rings. The number of unbranched alkanes of at least 4 members (excludes halogenated alkanes) is 2. The maximum Gasteiger partial charge on any atom is 0.203 e. The molecule has 0 spiro atoms. The normalized spacial score (nSPS) is 12.8. The van der Waals surface area contributed by atoms with Crippen LogP contribution in [0.2, 0.25) is 0 Å². The molecule has 15 rings (SSSR count). The minimum Gasteiger partial charge on any atom is -1.00 e. The first kappa shape index (κ1) is 89.5. The van der Waals surface area contributed by atoms with E-state index >= 15 is 0 Å². The molecule has 0 radical (unpaired) electrons. The summed E-state index contributed by atoms with van der Waals surface area (Å²) in [5.41, 5.74) is 14.1. The van der Waals surface area contributed by atoms with E-state index in [0.717, 1.165) is 195 Å². The molecule has 4 aromatic carbocycles. The fraction of sp³-hybridized carbons (Fsp3) is 0.400. The van der Waals surface area contributed by atoms with Crippen LogP contribution >= 0.6 is 0 Å².